The molecule has 0 aliphatic carbocycles. The zero-order valence-electron chi connectivity index (χ0n) is 10.9. The molecule has 1 aromatic rings. The van der Waals surface area contributed by atoms with E-state index in [1.807, 2.05) is 0 Å². The minimum absolute atomic E-state index is 0.134. The minimum atomic E-state index is -3.91. The van der Waals surface area contributed by atoms with Gasteiger partial charge in [-0.2, -0.15) is 0 Å². The van der Waals surface area contributed by atoms with E-state index >= 15 is 0 Å². The van der Waals surface area contributed by atoms with Crippen LogP contribution in [-0.2, 0) is 10.0 Å². The maximum absolute atomic E-state index is 12.1. The molecule has 0 aliphatic rings. The normalized spacial score (nSPS) is 14.8. The van der Waals surface area contributed by atoms with Gasteiger partial charge in [-0.25, -0.2) is 13.1 Å². The molecule has 0 aliphatic heterocycles. The van der Waals surface area contributed by atoms with Gasteiger partial charge in [-0.15, -0.1) is 0 Å². The summed E-state index contributed by atoms with van der Waals surface area (Å²) in [4.78, 5) is 9.76. The molecule has 9 heteroatoms. The number of nitrogens with zero attached hydrogens (tertiary/aromatic N) is 1. The van der Waals surface area contributed by atoms with E-state index in [2.05, 4.69) is 4.72 Å². The summed E-state index contributed by atoms with van der Waals surface area (Å²) < 4.78 is 26.5. The molecule has 0 radical (unpaired) electrons. The van der Waals surface area contributed by atoms with Crippen molar-refractivity contribution in [3.05, 3.63) is 33.3 Å². The van der Waals surface area contributed by atoms with Crippen LogP contribution in [0.3, 0.4) is 0 Å². The van der Waals surface area contributed by atoms with Crippen LogP contribution in [0, 0.1) is 16.0 Å². The van der Waals surface area contributed by atoms with E-state index in [9.17, 15) is 18.5 Å². The predicted octanol–water partition coefficient (Wildman–Crippen LogP) is 1.54. The van der Waals surface area contributed by atoms with E-state index in [-0.39, 0.29) is 22.4 Å². The molecule has 0 saturated heterocycles. The minimum Gasteiger partial charge on any atom is -0.396 e. The Labute approximate surface area is 121 Å². The zero-order valence-corrected chi connectivity index (χ0v) is 12.5. The Hall–Kier alpha value is -1.22. The van der Waals surface area contributed by atoms with Crippen molar-refractivity contribution in [3.63, 3.8) is 0 Å². The summed E-state index contributed by atoms with van der Waals surface area (Å²) >= 11 is 5.63. The summed E-state index contributed by atoms with van der Waals surface area (Å²) in [5, 5.41) is 19.6. The van der Waals surface area contributed by atoms with Gasteiger partial charge in [0.1, 0.15) is 5.02 Å². The van der Waals surface area contributed by atoms with Crippen molar-refractivity contribution in [2.75, 3.05) is 6.61 Å². The van der Waals surface area contributed by atoms with Crippen molar-refractivity contribution in [2.45, 2.75) is 24.8 Å². The van der Waals surface area contributed by atoms with Crippen molar-refractivity contribution >= 4 is 27.3 Å². The summed E-state index contributed by atoms with van der Waals surface area (Å²) in [6.45, 7) is 3.10. The Kier molecular flexibility index (Phi) is 5.46. The number of nitrogens with one attached hydrogen (secondary N) is 1. The Balaban J connectivity index is 3.10. The van der Waals surface area contributed by atoms with Crippen LogP contribution in [0.2, 0.25) is 5.02 Å². The fourth-order valence-electron chi connectivity index (χ4n) is 1.39. The van der Waals surface area contributed by atoms with Crippen molar-refractivity contribution < 1.29 is 18.4 Å². The third kappa shape index (κ3) is 3.89. The van der Waals surface area contributed by atoms with Crippen molar-refractivity contribution in [1.82, 2.24) is 4.72 Å². The predicted molar refractivity (Wildman–Crippen MR) is 74.1 cm³/mol. The lowest BCUT2D eigenvalue weighted by atomic mass is 10.1. The number of nitro benzene ring substituents is 1. The van der Waals surface area contributed by atoms with Gasteiger partial charge < -0.3 is 5.11 Å². The van der Waals surface area contributed by atoms with E-state index in [1.165, 1.54) is 6.07 Å². The molecule has 2 N–H and O–H groups in total. The van der Waals surface area contributed by atoms with Gasteiger partial charge in [-0.3, -0.25) is 10.1 Å². The summed E-state index contributed by atoms with van der Waals surface area (Å²) in [7, 11) is -3.91. The van der Waals surface area contributed by atoms with Gasteiger partial charge in [-0.05, 0) is 25.0 Å². The number of aliphatic hydroxyl groups is 1. The lowest BCUT2D eigenvalue weighted by Crippen LogP contribution is -2.38. The van der Waals surface area contributed by atoms with Crippen LogP contribution in [0.25, 0.3) is 0 Å². The second-order valence-corrected chi connectivity index (χ2v) is 6.56. The van der Waals surface area contributed by atoms with Crippen molar-refractivity contribution in [1.29, 1.82) is 0 Å². The fourth-order valence-corrected chi connectivity index (χ4v) is 2.94. The highest BCUT2D eigenvalue weighted by molar-refractivity contribution is 7.89. The molecule has 0 fully saturated rings. The SMILES string of the molecule is CC(CO)C(C)NS(=O)(=O)c1ccc(Cl)c([N+](=O)[O-])c1. The molecule has 0 heterocycles. The van der Waals surface area contributed by atoms with Crippen LogP contribution in [-0.4, -0.2) is 31.1 Å². The monoisotopic (exact) mass is 322 g/mol. The van der Waals surface area contributed by atoms with E-state index < -0.39 is 26.7 Å². The van der Waals surface area contributed by atoms with E-state index in [4.69, 9.17) is 16.7 Å². The lowest BCUT2D eigenvalue weighted by molar-refractivity contribution is -0.384. The number of aliphatic hydroxyl groups excluding tert-OH is 1. The number of hydrogen-bond acceptors (Lipinski definition) is 5. The van der Waals surface area contributed by atoms with E-state index in [0.717, 1.165) is 12.1 Å². The summed E-state index contributed by atoms with van der Waals surface area (Å²) in [6.07, 6.45) is 0. The molecule has 0 amide bonds. The molecule has 0 spiro atoms. The molecule has 0 aromatic heterocycles. The molecule has 0 bridgehead atoms. The van der Waals surface area contributed by atoms with Gasteiger partial charge in [0.15, 0.2) is 0 Å². The molecule has 2 unspecified atom stereocenters. The number of hydrogen-bond donors (Lipinski definition) is 2. The van der Waals surface area contributed by atoms with E-state index in [0.29, 0.717) is 0 Å². The summed E-state index contributed by atoms with van der Waals surface area (Å²) in [5.41, 5.74) is -0.475. The van der Waals surface area contributed by atoms with Gasteiger partial charge in [0.2, 0.25) is 10.0 Å². The molecule has 1 rings (SSSR count). The smallest absolute Gasteiger partial charge is 0.289 e. The summed E-state index contributed by atoms with van der Waals surface area (Å²) in [5.74, 6) is -0.285. The number of sulfonamides is 1. The first kappa shape index (κ1) is 16.8. The molecule has 112 valence electrons. The molecule has 0 saturated carbocycles. The number of nitro groups is 1. The molecule has 20 heavy (non-hydrogen) atoms. The zero-order chi connectivity index (χ0) is 15.5. The molecule has 2 atom stereocenters. The highest BCUT2D eigenvalue weighted by Crippen LogP contribution is 2.27. The average Bonchev–Trinajstić information content (AvgIpc) is 2.36. The topological polar surface area (TPSA) is 110 Å². The Morgan fingerprint density at radius 1 is 1.45 bits per heavy atom. The second kappa shape index (κ2) is 6.49. The van der Waals surface area contributed by atoms with Crippen LogP contribution in [0.5, 0.6) is 0 Å². The highest BCUT2D eigenvalue weighted by atomic mass is 35.5. The third-order valence-electron chi connectivity index (χ3n) is 2.91. The first-order chi connectivity index (χ1) is 9.19. The first-order valence-electron chi connectivity index (χ1n) is 5.76. The lowest BCUT2D eigenvalue weighted by Gasteiger charge is -2.19. The van der Waals surface area contributed by atoms with Gasteiger partial charge in [-0.1, -0.05) is 18.5 Å². The van der Waals surface area contributed by atoms with E-state index in [1.54, 1.807) is 13.8 Å². The standard InChI is InChI=1S/C11H15ClN2O5S/c1-7(6-15)8(2)13-20(18,19)9-3-4-10(12)11(5-9)14(16)17/h3-5,7-8,13,15H,6H2,1-2H3. The fraction of sp³-hybridized carbons (Fsp3) is 0.455. The van der Waals surface area contributed by atoms with Crippen LogP contribution in [0.15, 0.2) is 23.1 Å². The molecular weight excluding hydrogens is 308 g/mol. The number of halogens is 1. The Bertz CT molecular complexity index is 605. The maximum atomic E-state index is 12.1. The second-order valence-electron chi connectivity index (χ2n) is 4.44. The maximum Gasteiger partial charge on any atom is 0.289 e. The Morgan fingerprint density at radius 3 is 2.55 bits per heavy atom. The van der Waals surface area contributed by atoms with Crippen LogP contribution in [0.1, 0.15) is 13.8 Å². The average molecular weight is 323 g/mol. The van der Waals surface area contributed by atoms with Crippen molar-refractivity contribution in [3.8, 4) is 0 Å². The Morgan fingerprint density at radius 2 is 2.05 bits per heavy atom. The quantitative estimate of drug-likeness (QED) is 0.610. The van der Waals surface area contributed by atoms with Gasteiger partial charge >= 0.3 is 0 Å². The van der Waals surface area contributed by atoms with Gasteiger partial charge in [0.05, 0.1) is 9.82 Å². The number of benzene rings is 1. The highest BCUT2D eigenvalue weighted by Gasteiger charge is 2.24. The van der Waals surface area contributed by atoms with Crippen molar-refractivity contribution in [2.24, 2.45) is 5.92 Å². The third-order valence-corrected chi connectivity index (χ3v) is 4.78. The van der Waals surface area contributed by atoms with Crippen LogP contribution >= 0.6 is 11.6 Å². The number of rotatable bonds is 6. The van der Waals surface area contributed by atoms with Gasteiger partial charge in [0.25, 0.3) is 5.69 Å². The first-order valence-corrected chi connectivity index (χ1v) is 7.62. The largest absolute Gasteiger partial charge is 0.396 e. The molecular formula is C11H15ClN2O5S. The molecule has 1 aromatic carbocycles. The summed E-state index contributed by atoms with van der Waals surface area (Å²) in [6, 6.07) is 2.74. The van der Waals surface area contributed by atoms with Crippen LogP contribution in [0.4, 0.5) is 5.69 Å². The van der Waals surface area contributed by atoms with Gasteiger partial charge in [0, 0.05) is 18.7 Å². The van der Waals surface area contributed by atoms with Crippen LogP contribution < -0.4 is 4.72 Å². The molecule has 7 nitrogen and oxygen atoms in total.